The predicted molar refractivity (Wildman–Crippen MR) is 79.2 cm³/mol. The van der Waals surface area contributed by atoms with Gasteiger partial charge in [0.05, 0.1) is 25.7 Å². The third-order valence-electron chi connectivity index (χ3n) is 4.36. The molecule has 1 aromatic rings. The number of carbonyl (C=O) groups is 2. The lowest BCUT2D eigenvalue weighted by Gasteiger charge is -2.47. The maximum Gasteiger partial charge on any atom is 0.339 e. The molecule has 2 aliphatic rings. The van der Waals surface area contributed by atoms with E-state index in [1.807, 2.05) is 30.3 Å². The summed E-state index contributed by atoms with van der Waals surface area (Å²) in [6.07, 6.45) is 0.344. The van der Waals surface area contributed by atoms with E-state index in [1.54, 1.807) is 0 Å². The summed E-state index contributed by atoms with van der Waals surface area (Å²) >= 11 is 0. The summed E-state index contributed by atoms with van der Waals surface area (Å²) < 4.78 is 16.5. The van der Waals surface area contributed by atoms with Crippen molar-refractivity contribution in [2.24, 2.45) is 5.92 Å². The van der Waals surface area contributed by atoms with Gasteiger partial charge in [-0.2, -0.15) is 0 Å². The summed E-state index contributed by atoms with van der Waals surface area (Å²) in [4.78, 5) is 23.6. The van der Waals surface area contributed by atoms with Crippen molar-refractivity contribution in [3.63, 3.8) is 0 Å². The van der Waals surface area contributed by atoms with Gasteiger partial charge in [0.25, 0.3) is 0 Å². The van der Waals surface area contributed by atoms with Crippen molar-refractivity contribution in [2.45, 2.75) is 24.4 Å². The number of ether oxygens (including phenoxy) is 3. The second-order valence-electron chi connectivity index (χ2n) is 5.71. The summed E-state index contributed by atoms with van der Waals surface area (Å²) in [7, 11) is 1.26. The Morgan fingerprint density at radius 1 is 1.39 bits per heavy atom. The van der Waals surface area contributed by atoms with Gasteiger partial charge in [-0.15, -0.1) is 0 Å². The Morgan fingerprint density at radius 2 is 2.13 bits per heavy atom. The Hall–Kier alpha value is -2.02. The van der Waals surface area contributed by atoms with Crippen LogP contribution >= 0.6 is 0 Å². The van der Waals surface area contributed by atoms with Crippen LogP contribution in [0.3, 0.4) is 0 Å². The van der Waals surface area contributed by atoms with Crippen molar-refractivity contribution in [2.75, 3.05) is 13.7 Å². The predicted octanol–water partition coefficient (Wildman–Crippen LogP) is 1.15. The molecule has 0 radical (unpaired) electrons. The third-order valence-corrected chi connectivity index (χ3v) is 4.36. The lowest BCUT2D eigenvalue weighted by atomic mass is 9.73. The van der Waals surface area contributed by atoms with Gasteiger partial charge in [-0.05, 0) is 11.6 Å². The van der Waals surface area contributed by atoms with E-state index in [9.17, 15) is 14.7 Å². The molecule has 0 aromatic heterocycles. The first-order valence-electron chi connectivity index (χ1n) is 7.37. The number of esters is 1. The minimum Gasteiger partial charge on any atom is -0.467 e. The van der Waals surface area contributed by atoms with Gasteiger partial charge in [0.15, 0.2) is 11.9 Å². The van der Waals surface area contributed by atoms with Crippen LogP contribution in [0.4, 0.5) is 0 Å². The first-order valence-corrected chi connectivity index (χ1v) is 7.37. The number of rotatable bonds is 3. The van der Waals surface area contributed by atoms with E-state index in [2.05, 4.69) is 0 Å². The Balaban J connectivity index is 1.98. The highest BCUT2D eigenvalue weighted by Gasteiger charge is 2.57. The summed E-state index contributed by atoms with van der Waals surface area (Å²) in [6.45, 7) is 0.123. The Labute approximate surface area is 133 Å². The average Bonchev–Trinajstić information content (AvgIpc) is 2.60. The van der Waals surface area contributed by atoms with Crippen LogP contribution in [-0.2, 0) is 23.8 Å². The van der Waals surface area contributed by atoms with E-state index >= 15 is 0 Å². The van der Waals surface area contributed by atoms with Crippen molar-refractivity contribution in [1.29, 1.82) is 0 Å². The van der Waals surface area contributed by atoms with Gasteiger partial charge in [-0.1, -0.05) is 30.3 Å². The standard InChI is InChI=1S/C17H18O6/c1-21-16(20)17-8-11(9-18)7-14(19)13(17)10-22-15(23-17)12-5-3-2-4-6-12/h2-7,9,13-15,19H,8,10H2,1H3/t13-,14+,15-,17+/m1/s1. The highest BCUT2D eigenvalue weighted by atomic mass is 16.7. The molecule has 6 nitrogen and oxygen atoms in total. The van der Waals surface area contributed by atoms with Crippen molar-refractivity contribution in [3.05, 3.63) is 47.5 Å². The molecule has 0 unspecified atom stereocenters. The molecule has 0 bridgehead atoms. The van der Waals surface area contributed by atoms with Crippen LogP contribution in [-0.4, -0.2) is 42.8 Å². The van der Waals surface area contributed by atoms with E-state index < -0.39 is 29.9 Å². The van der Waals surface area contributed by atoms with Crippen LogP contribution in [0.15, 0.2) is 42.0 Å². The molecule has 0 spiro atoms. The molecule has 1 aliphatic carbocycles. The minimum atomic E-state index is -1.43. The number of aliphatic hydroxyl groups is 1. The topological polar surface area (TPSA) is 82.1 Å². The number of benzene rings is 1. The maximum absolute atomic E-state index is 12.4. The summed E-state index contributed by atoms with van der Waals surface area (Å²) in [5.74, 6) is -1.24. The van der Waals surface area contributed by atoms with Crippen molar-refractivity contribution in [1.82, 2.24) is 0 Å². The SMILES string of the molecule is COC(=O)[C@]12CC(C=O)=C[C@H](O)[C@H]1CO[C@@H](c1ccccc1)O2. The third kappa shape index (κ3) is 2.69. The van der Waals surface area contributed by atoms with Gasteiger partial charge in [-0.3, -0.25) is 4.79 Å². The fourth-order valence-corrected chi connectivity index (χ4v) is 3.18. The van der Waals surface area contributed by atoms with E-state index in [0.717, 1.165) is 5.56 Å². The first kappa shape index (κ1) is 15.9. The molecule has 1 fully saturated rings. The number of carbonyl (C=O) groups excluding carboxylic acids is 2. The maximum atomic E-state index is 12.4. The van der Waals surface area contributed by atoms with Gasteiger partial charge in [0.2, 0.25) is 0 Å². The van der Waals surface area contributed by atoms with Gasteiger partial charge in [0, 0.05) is 12.0 Å². The van der Waals surface area contributed by atoms with Crippen LogP contribution in [0.25, 0.3) is 0 Å². The Morgan fingerprint density at radius 3 is 2.78 bits per heavy atom. The monoisotopic (exact) mass is 318 g/mol. The molecular weight excluding hydrogens is 300 g/mol. The number of methoxy groups -OCH3 is 1. The smallest absolute Gasteiger partial charge is 0.339 e. The number of aldehydes is 1. The molecule has 1 aromatic carbocycles. The molecule has 0 saturated carbocycles. The van der Waals surface area contributed by atoms with Crippen molar-refractivity contribution < 1.29 is 28.9 Å². The first-order chi connectivity index (χ1) is 11.1. The number of aliphatic hydroxyl groups excluding tert-OH is 1. The van der Waals surface area contributed by atoms with E-state index in [0.29, 0.717) is 11.9 Å². The van der Waals surface area contributed by atoms with Crippen molar-refractivity contribution in [3.8, 4) is 0 Å². The molecule has 1 heterocycles. The molecule has 1 aliphatic heterocycles. The quantitative estimate of drug-likeness (QED) is 0.665. The number of hydrogen-bond donors (Lipinski definition) is 1. The molecular formula is C17H18O6. The van der Waals surface area contributed by atoms with Crippen LogP contribution in [0, 0.1) is 5.92 Å². The highest BCUT2D eigenvalue weighted by Crippen LogP contribution is 2.45. The Bertz CT molecular complexity index is 625. The van der Waals surface area contributed by atoms with Gasteiger partial charge in [-0.25, -0.2) is 4.79 Å². The normalized spacial score (nSPS) is 33.3. The van der Waals surface area contributed by atoms with E-state index in [1.165, 1.54) is 13.2 Å². The van der Waals surface area contributed by atoms with Gasteiger partial charge < -0.3 is 19.3 Å². The molecule has 122 valence electrons. The van der Waals surface area contributed by atoms with Crippen LogP contribution in [0.5, 0.6) is 0 Å². The van der Waals surface area contributed by atoms with Gasteiger partial charge in [0.1, 0.15) is 6.29 Å². The summed E-state index contributed by atoms with van der Waals surface area (Å²) in [5, 5.41) is 10.3. The fraction of sp³-hybridized carbons (Fsp3) is 0.412. The zero-order valence-electron chi connectivity index (χ0n) is 12.7. The van der Waals surface area contributed by atoms with Crippen LogP contribution < -0.4 is 0 Å². The molecule has 3 rings (SSSR count). The molecule has 1 saturated heterocycles. The van der Waals surface area contributed by atoms with E-state index in [-0.39, 0.29) is 13.0 Å². The van der Waals surface area contributed by atoms with Crippen LogP contribution in [0.1, 0.15) is 18.3 Å². The van der Waals surface area contributed by atoms with E-state index in [4.69, 9.17) is 14.2 Å². The Kier molecular flexibility index (Phi) is 4.30. The molecule has 0 amide bonds. The molecule has 4 atom stereocenters. The lowest BCUT2D eigenvalue weighted by Crippen LogP contribution is -2.60. The second kappa shape index (κ2) is 6.23. The fourth-order valence-electron chi connectivity index (χ4n) is 3.18. The summed E-state index contributed by atoms with van der Waals surface area (Å²) in [6, 6.07) is 9.19. The minimum absolute atomic E-state index is 0.0532. The molecule has 6 heteroatoms. The van der Waals surface area contributed by atoms with Gasteiger partial charge >= 0.3 is 5.97 Å². The molecule has 1 N–H and O–H groups in total. The van der Waals surface area contributed by atoms with Crippen LogP contribution in [0.2, 0.25) is 0 Å². The van der Waals surface area contributed by atoms with Crippen molar-refractivity contribution >= 4 is 12.3 Å². The number of fused-ring (bicyclic) bond motifs is 1. The largest absolute Gasteiger partial charge is 0.467 e. The molecule has 23 heavy (non-hydrogen) atoms. The second-order valence-corrected chi connectivity index (χ2v) is 5.71. The highest BCUT2D eigenvalue weighted by molar-refractivity contribution is 5.85. The zero-order valence-corrected chi connectivity index (χ0v) is 12.7. The average molecular weight is 318 g/mol. The lowest BCUT2D eigenvalue weighted by molar-refractivity contribution is -0.296. The number of hydrogen-bond acceptors (Lipinski definition) is 6. The zero-order chi connectivity index (χ0) is 16.4. The summed E-state index contributed by atoms with van der Waals surface area (Å²) in [5.41, 5.74) is -0.364.